The first-order valence-corrected chi connectivity index (χ1v) is 6.20. The Morgan fingerprint density at radius 2 is 2.10 bits per heavy atom. The zero-order chi connectivity index (χ0) is 14.7. The van der Waals surface area contributed by atoms with Gasteiger partial charge < -0.3 is 14.1 Å². The van der Waals surface area contributed by atoms with Crippen molar-refractivity contribution in [3.8, 4) is 0 Å². The van der Waals surface area contributed by atoms with Gasteiger partial charge in [0.05, 0.1) is 12.0 Å². The van der Waals surface area contributed by atoms with Crippen molar-refractivity contribution < 1.29 is 13.9 Å². The number of amides is 1. The lowest BCUT2D eigenvalue weighted by molar-refractivity contribution is 0.168. The van der Waals surface area contributed by atoms with E-state index in [2.05, 4.69) is 5.32 Å². The Kier molecular flexibility index (Phi) is 3.93. The van der Waals surface area contributed by atoms with Crippen molar-refractivity contribution in [1.29, 1.82) is 0 Å². The van der Waals surface area contributed by atoms with Gasteiger partial charge in [-0.05, 0) is 19.1 Å². The maximum absolute atomic E-state index is 11.9. The summed E-state index contributed by atoms with van der Waals surface area (Å²) in [6.45, 7) is 2.02. The second kappa shape index (κ2) is 5.64. The van der Waals surface area contributed by atoms with Crippen LogP contribution >= 0.6 is 0 Å². The highest BCUT2D eigenvalue weighted by atomic mass is 16.5. The molecular weight excluding hydrogens is 260 g/mol. The molecule has 2 rings (SSSR count). The molecule has 6 heteroatoms. The van der Waals surface area contributed by atoms with Crippen molar-refractivity contribution in [2.24, 2.45) is 0 Å². The summed E-state index contributed by atoms with van der Waals surface area (Å²) >= 11 is 0. The van der Waals surface area contributed by atoms with Crippen molar-refractivity contribution in [1.82, 2.24) is 0 Å². The third-order valence-corrected chi connectivity index (χ3v) is 2.68. The van der Waals surface area contributed by atoms with E-state index in [4.69, 9.17) is 9.15 Å². The summed E-state index contributed by atoms with van der Waals surface area (Å²) in [7, 11) is 3.57. The average molecular weight is 276 g/mol. The quantitative estimate of drug-likeness (QED) is 0.932. The molecule has 0 aliphatic carbocycles. The lowest BCUT2D eigenvalue weighted by Gasteiger charge is -2.11. The number of hydrogen-bond donors (Lipinski definition) is 1. The molecule has 0 saturated heterocycles. The van der Waals surface area contributed by atoms with Crippen molar-refractivity contribution >= 4 is 28.6 Å². The molecule has 0 radical (unpaired) electrons. The first-order valence-electron chi connectivity index (χ1n) is 6.20. The molecule has 1 N–H and O–H groups in total. The maximum Gasteiger partial charge on any atom is 0.411 e. The Balaban J connectivity index is 2.42. The molecule has 106 valence electrons. The van der Waals surface area contributed by atoms with E-state index < -0.39 is 6.09 Å². The van der Waals surface area contributed by atoms with Crippen LogP contribution in [0.15, 0.2) is 33.5 Å². The average Bonchev–Trinajstić information content (AvgIpc) is 2.38. The SMILES string of the molecule is CCOC(=O)Nc1ccc2c(=O)cc(N(C)C)oc2c1. The van der Waals surface area contributed by atoms with Gasteiger partial charge in [-0.1, -0.05) is 0 Å². The van der Waals surface area contributed by atoms with Crippen LogP contribution in [0.4, 0.5) is 16.4 Å². The number of nitrogens with zero attached hydrogens (tertiary/aromatic N) is 1. The van der Waals surface area contributed by atoms with Crippen molar-refractivity contribution in [2.45, 2.75) is 6.92 Å². The summed E-state index contributed by atoms with van der Waals surface area (Å²) in [6.07, 6.45) is -0.544. The number of benzene rings is 1. The zero-order valence-corrected chi connectivity index (χ0v) is 11.6. The number of ether oxygens (including phenoxy) is 1. The largest absolute Gasteiger partial charge is 0.450 e. The first kappa shape index (κ1) is 13.9. The molecule has 0 atom stereocenters. The van der Waals surface area contributed by atoms with Crippen LogP contribution in [-0.4, -0.2) is 26.8 Å². The molecular formula is C14H16N2O4. The van der Waals surface area contributed by atoms with Gasteiger partial charge in [-0.15, -0.1) is 0 Å². The van der Waals surface area contributed by atoms with E-state index in [1.165, 1.54) is 6.07 Å². The summed E-state index contributed by atoms with van der Waals surface area (Å²) < 4.78 is 10.4. The third kappa shape index (κ3) is 2.90. The van der Waals surface area contributed by atoms with Gasteiger partial charge in [0.25, 0.3) is 0 Å². The number of carbonyl (C=O) groups is 1. The van der Waals surface area contributed by atoms with Crippen LogP contribution in [-0.2, 0) is 4.74 Å². The van der Waals surface area contributed by atoms with Crippen LogP contribution < -0.4 is 15.6 Å². The molecule has 1 amide bonds. The van der Waals surface area contributed by atoms with Crippen molar-refractivity contribution in [2.75, 3.05) is 30.9 Å². The Morgan fingerprint density at radius 1 is 1.35 bits per heavy atom. The fraction of sp³-hybridized carbons (Fsp3) is 0.286. The van der Waals surface area contributed by atoms with Crippen molar-refractivity contribution in [3.05, 3.63) is 34.5 Å². The molecule has 0 aliphatic heterocycles. The van der Waals surface area contributed by atoms with E-state index in [1.54, 1.807) is 44.1 Å². The highest BCUT2D eigenvalue weighted by molar-refractivity contribution is 5.89. The van der Waals surface area contributed by atoms with E-state index in [-0.39, 0.29) is 5.43 Å². The molecule has 20 heavy (non-hydrogen) atoms. The monoisotopic (exact) mass is 276 g/mol. The van der Waals surface area contributed by atoms with Gasteiger partial charge in [0.2, 0.25) is 0 Å². The van der Waals surface area contributed by atoms with E-state index in [9.17, 15) is 9.59 Å². The molecule has 6 nitrogen and oxygen atoms in total. The smallest absolute Gasteiger partial charge is 0.411 e. The first-order chi connectivity index (χ1) is 9.51. The summed E-state index contributed by atoms with van der Waals surface area (Å²) in [6, 6.07) is 6.27. The zero-order valence-electron chi connectivity index (χ0n) is 11.6. The standard InChI is InChI=1S/C14H16N2O4/c1-4-19-14(18)15-9-5-6-10-11(17)8-13(16(2)3)20-12(10)7-9/h5-8H,4H2,1-3H3,(H,15,18). The number of rotatable bonds is 3. The molecule has 0 aliphatic rings. The van der Waals surface area contributed by atoms with Gasteiger partial charge in [0.1, 0.15) is 5.58 Å². The predicted molar refractivity (Wildman–Crippen MR) is 77.5 cm³/mol. The number of carbonyl (C=O) groups excluding carboxylic acids is 1. The number of hydrogen-bond acceptors (Lipinski definition) is 5. The van der Waals surface area contributed by atoms with Crippen LogP contribution in [0.2, 0.25) is 0 Å². The molecule has 2 aromatic rings. The summed E-state index contributed by atoms with van der Waals surface area (Å²) in [5, 5.41) is 3.03. The second-order valence-electron chi connectivity index (χ2n) is 4.40. The summed E-state index contributed by atoms with van der Waals surface area (Å²) in [4.78, 5) is 25.0. The lowest BCUT2D eigenvalue weighted by Crippen LogP contribution is -2.14. The van der Waals surface area contributed by atoms with Gasteiger partial charge in [-0.2, -0.15) is 0 Å². The van der Waals surface area contributed by atoms with Gasteiger partial charge in [0, 0.05) is 31.9 Å². The fourth-order valence-electron chi connectivity index (χ4n) is 1.73. The normalized spacial score (nSPS) is 10.3. The highest BCUT2D eigenvalue weighted by Crippen LogP contribution is 2.21. The van der Waals surface area contributed by atoms with E-state index in [1.807, 2.05) is 0 Å². The molecule has 0 unspecified atom stereocenters. The van der Waals surface area contributed by atoms with Gasteiger partial charge in [-0.25, -0.2) is 4.79 Å². The van der Waals surface area contributed by atoms with Gasteiger partial charge >= 0.3 is 6.09 Å². The molecule has 1 aromatic carbocycles. The maximum atomic E-state index is 11.9. The molecule has 0 bridgehead atoms. The molecule has 0 fully saturated rings. The van der Waals surface area contributed by atoms with E-state index in [0.29, 0.717) is 29.1 Å². The Hall–Kier alpha value is -2.50. The number of fused-ring (bicyclic) bond motifs is 1. The van der Waals surface area contributed by atoms with E-state index in [0.717, 1.165) is 0 Å². The highest BCUT2D eigenvalue weighted by Gasteiger charge is 2.08. The topological polar surface area (TPSA) is 71.8 Å². The van der Waals surface area contributed by atoms with E-state index >= 15 is 0 Å². The Labute approximate surface area is 115 Å². The molecule has 1 heterocycles. The Bertz CT molecular complexity index is 691. The lowest BCUT2D eigenvalue weighted by atomic mass is 10.2. The summed E-state index contributed by atoms with van der Waals surface area (Å²) in [5.74, 6) is 0.454. The van der Waals surface area contributed by atoms with Crippen LogP contribution in [0.3, 0.4) is 0 Å². The van der Waals surface area contributed by atoms with Crippen LogP contribution in [0.5, 0.6) is 0 Å². The third-order valence-electron chi connectivity index (χ3n) is 2.68. The minimum atomic E-state index is -0.544. The van der Waals surface area contributed by atoms with Gasteiger partial charge in [0.15, 0.2) is 11.3 Å². The molecule has 0 saturated carbocycles. The fourth-order valence-corrected chi connectivity index (χ4v) is 1.73. The van der Waals surface area contributed by atoms with Crippen molar-refractivity contribution in [3.63, 3.8) is 0 Å². The molecule has 1 aromatic heterocycles. The molecule has 0 spiro atoms. The van der Waals surface area contributed by atoms with Gasteiger partial charge in [-0.3, -0.25) is 10.1 Å². The Morgan fingerprint density at radius 3 is 2.75 bits per heavy atom. The number of nitrogens with one attached hydrogen (secondary N) is 1. The minimum absolute atomic E-state index is 0.127. The predicted octanol–water partition coefficient (Wildman–Crippen LogP) is 2.43. The second-order valence-corrected chi connectivity index (χ2v) is 4.40. The van der Waals surface area contributed by atoms with Crippen LogP contribution in [0.1, 0.15) is 6.92 Å². The summed E-state index contributed by atoms with van der Waals surface area (Å²) in [5.41, 5.74) is 0.795. The number of anilines is 2. The van der Waals surface area contributed by atoms with Crippen LogP contribution in [0, 0.1) is 0 Å². The minimum Gasteiger partial charge on any atom is -0.450 e. The van der Waals surface area contributed by atoms with Crippen LogP contribution in [0.25, 0.3) is 11.0 Å².